The van der Waals surface area contributed by atoms with Crippen molar-refractivity contribution >= 4 is 29.0 Å². The molecule has 0 heterocycles. The number of hydrogen-bond donors (Lipinski definition) is 0. The summed E-state index contributed by atoms with van der Waals surface area (Å²) in [6.45, 7) is 4.67. The molecular formula is C27H28O6. The molecule has 33 heavy (non-hydrogen) atoms. The lowest BCUT2D eigenvalue weighted by Gasteiger charge is -2.11. The van der Waals surface area contributed by atoms with Gasteiger partial charge in [0.05, 0.1) is 30.3 Å². The van der Waals surface area contributed by atoms with E-state index < -0.39 is 5.97 Å². The fourth-order valence-electron chi connectivity index (χ4n) is 3.21. The predicted molar refractivity (Wildman–Crippen MR) is 126 cm³/mol. The number of hydrogen-bond acceptors (Lipinski definition) is 6. The summed E-state index contributed by atoms with van der Waals surface area (Å²) in [4.78, 5) is 35.8. The maximum absolute atomic E-state index is 12.6. The predicted octanol–water partition coefficient (Wildman–Crippen LogP) is 5.62. The van der Waals surface area contributed by atoms with Crippen molar-refractivity contribution < 1.29 is 28.6 Å². The van der Waals surface area contributed by atoms with Gasteiger partial charge in [0.1, 0.15) is 11.5 Å². The maximum Gasteiger partial charge on any atom is 0.343 e. The molecule has 1 unspecified atom stereocenters. The zero-order valence-corrected chi connectivity index (χ0v) is 18.9. The first kappa shape index (κ1) is 24.0. The second kappa shape index (κ2) is 11.8. The minimum atomic E-state index is -0.553. The molecule has 0 aliphatic heterocycles. The van der Waals surface area contributed by atoms with Gasteiger partial charge in [0, 0.05) is 0 Å². The van der Waals surface area contributed by atoms with Gasteiger partial charge in [-0.05, 0) is 60.4 Å². The lowest BCUT2D eigenvalue weighted by atomic mass is 10.0. The van der Waals surface area contributed by atoms with Gasteiger partial charge in [-0.2, -0.15) is 0 Å². The monoisotopic (exact) mass is 448 g/mol. The molecule has 0 fully saturated rings. The van der Waals surface area contributed by atoms with E-state index in [0.717, 1.165) is 30.0 Å². The Morgan fingerprint density at radius 3 is 2.39 bits per heavy atom. The Kier molecular flexibility index (Phi) is 8.58. The quantitative estimate of drug-likeness (QED) is 0.164. The van der Waals surface area contributed by atoms with Crippen LogP contribution in [0.25, 0.3) is 10.8 Å². The summed E-state index contributed by atoms with van der Waals surface area (Å²) in [6.07, 6.45) is 2.94. The summed E-state index contributed by atoms with van der Waals surface area (Å²) in [5.41, 5.74) is 0.695. The molecule has 6 nitrogen and oxygen atoms in total. The van der Waals surface area contributed by atoms with E-state index in [1.54, 1.807) is 30.3 Å². The molecule has 6 heteroatoms. The van der Waals surface area contributed by atoms with Crippen LogP contribution in [-0.2, 0) is 9.53 Å². The van der Waals surface area contributed by atoms with Crippen LogP contribution in [-0.4, -0.2) is 31.4 Å². The second-order valence-electron chi connectivity index (χ2n) is 7.76. The Hall–Kier alpha value is -3.67. The van der Waals surface area contributed by atoms with E-state index in [1.807, 2.05) is 44.2 Å². The van der Waals surface area contributed by atoms with Crippen molar-refractivity contribution in [3.8, 4) is 11.5 Å². The van der Waals surface area contributed by atoms with Crippen LogP contribution in [0.4, 0.5) is 0 Å². The molecule has 0 radical (unpaired) electrons. The van der Waals surface area contributed by atoms with Crippen LogP contribution in [0.15, 0.2) is 60.7 Å². The average molecular weight is 449 g/mol. The first-order valence-corrected chi connectivity index (χ1v) is 11.1. The largest absolute Gasteiger partial charge is 0.494 e. The number of benzene rings is 3. The number of rotatable bonds is 11. The number of unbranched alkanes of at least 4 members (excludes halogenated alkanes) is 1. The van der Waals surface area contributed by atoms with E-state index in [2.05, 4.69) is 0 Å². The second-order valence-corrected chi connectivity index (χ2v) is 7.76. The normalized spacial score (nSPS) is 11.6. The Morgan fingerprint density at radius 2 is 1.67 bits per heavy atom. The zero-order chi connectivity index (χ0) is 23.6. The van der Waals surface area contributed by atoms with Crippen molar-refractivity contribution in [2.24, 2.45) is 5.92 Å². The summed E-state index contributed by atoms with van der Waals surface area (Å²) in [5, 5.41) is 1.63. The van der Waals surface area contributed by atoms with Crippen LogP contribution in [0, 0.1) is 5.92 Å². The fraction of sp³-hybridized carbons (Fsp3) is 0.296. The van der Waals surface area contributed by atoms with Crippen LogP contribution < -0.4 is 9.47 Å². The van der Waals surface area contributed by atoms with E-state index in [0.29, 0.717) is 36.4 Å². The van der Waals surface area contributed by atoms with E-state index in [9.17, 15) is 14.4 Å². The molecule has 0 aromatic heterocycles. The zero-order valence-electron chi connectivity index (χ0n) is 18.9. The number of aldehydes is 1. The van der Waals surface area contributed by atoms with E-state index >= 15 is 0 Å². The molecule has 172 valence electrons. The fourth-order valence-corrected chi connectivity index (χ4v) is 3.21. The number of carbonyl (C=O) groups is 3. The van der Waals surface area contributed by atoms with E-state index in [1.165, 1.54) is 0 Å². The van der Waals surface area contributed by atoms with Gasteiger partial charge in [-0.1, -0.05) is 44.2 Å². The molecule has 0 saturated carbocycles. The standard InChI is InChI=1S/C27H28O6/c1-3-19(2)26(29)32-17-7-6-16-31-22-13-10-21(11-14-22)27(30)33-25-15-12-20-8-4-5-9-23(20)24(25)18-28/h4-5,8-15,18-19H,3,6-7,16-17H2,1-2H3. The Labute approximate surface area is 193 Å². The van der Waals surface area contributed by atoms with Crippen LogP contribution in [0.1, 0.15) is 53.8 Å². The molecule has 3 aromatic rings. The molecule has 0 spiro atoms. The lowest BCUT2D eigenvalue weighted by Crippen LogP contribution is -2.15. The SMILES string of the molecule is CCC(C)C(=O)OCCCCOc1ccc(C(=O)Oc2ccc3ccccc3c2C=O)cc1. The summed E-state index contributed by atoms with van der Waals surface area (Å²) in [5.74, 6) is 0.0658. The minimum absolute atomic E-state index is 0.0716. The summed E-state index contributed by atoms with van der Waals surface area (Å²) in [7, 11) is 0. The molecule has 1 atom stereocenters. The van der Waals surface area contributed by atoms with Crippen LogP contribution in [0.5, 0.6) is 11.5 Å². The first-order chi connectivity index (χ1) is 16.0. The van der Waals surface area contributed by atoms with Crippen LogP contribution in [0.3, 0.4) is 0 Å². The highest BCUT2D eigenvalue weighted by Gasteiger charge is 2.14. The number of esters is 2. The van der Waals surface area contributed by atoms with E-state index in [-0.39, 0.29) is 17.6 Å². The number of ether oxygens (including phenoxy) is 3. The number of fused-ring (bicyclic) bond motifs is 1. The average Bonchev–Trinajstić information content (AvgIpc) is 2.85. The molecule has 0 aliphatic rings. The van der Waals surface area contributed by atoms with Crippen LogP contribution >= 0.6 is 0 Å². The third-order valence-corrected chi connectivity index (χ3v) is 5.41. The van der Waals surface area contributed by atoms with Crippen molar-refractivity contribution in [1.82, 2.24) is 0 Å². The number of carbonyl (C=O) groups excluding carboxylic acids is 3. The van der Waals surface area contributed by atoms with Gasteiger partial charge in [0.15, 0.2) is 6.29 Å². The Morgan fingerprint density at radius 1 is 0.939 bits per heavy atom. The molecule has 0 amide bonds. The summed E-state index contributed by atoms with van der Waals surface area (Å²) in [6, 6.07) is 17.5. The smallest absolute Gasteiger partial charge is 0.343 e. The highest BCUT2D eigenvalue weighted by atomic mass is 16.5. The first-order valence-electron chi connectivity index (χ1n) is 11.1. The van der Waals surface area contributed by atoms with Gasteiger partial charge in [0.25, 0.3) is 0 Å². The third-order valence-electron chi connectivity index (χ3n) is 5.41. The molecular weight excluding hydrogens is 420 g/mol. The molecule has 3 rings (SSSR count). The van der Waals surface area contributed by atoms with Crippen molar-refractivity contribution in [3.05, 3.63) is 71.8 Å². The van der Waals surface area contributed by atoms with Gasteiger partial charge in [-0.3, -0.25) is 9.59 Å². The molecule has 0 aliphatic carbocycles. The molecule has 0 saturated heterocycles. The third kappa shape index (κ3) is 6.42. The van der Waals surface area contributed by atoms with E-state index in [4.69, 9.17) is 14.2 Å². The van der Waals surface area contributed by atoms with Gasteiger partial charge in [0.2, 0.25) is 0 Å². The summed E-state index contributed by atoms with van der Waals surface area (Å²) >= 11 is 0. The Balaban J connectivity index is 1.49. The highest BCUT2D eigenvalue weighted by Crippen LogP contribution is 2.27. The van der Waals surface area contributed by atoms with Gasteiger partial charge < -0.3 is 14.2 Å². The lowest BCUT2D eigenvalue weighted by molar-refractivity contribution is -0.148. The van der Waals surface area contributed by atoms with Gasteiger partial charge in [-0.15, -0.1) is 0 Å². The highest BCUT2D eigenvalue weighted by molar-refractivity contribution is 6.02. The summed E-state index contributed by atoms with van der Waals surface area (Å²) < 4.78 is 16.4. The van der Waals surface area contributed by atoms with Gasteiger partial charge in [-0.25, -0.2) is 4.79 Å². The van der Waals surface area contributed by atoms with Crippen LogP contribution in [0.2, 0.25) is 0 Å². The Bertz CT molecular complexity index is 1100. The minimum Gasteiger partial charge on any atom is -0.494 e. The van der Waals surface area contributed by atoms with Crippen molar-refractivity contribution in [1.29, 1.82) is 0 Å². The molecule has 0 bridgehead atoms. The van der Waals surface area contributed by atoms with Crippen molar-refractivity contribution in [2.75, 3.05) is 13.2 Å². The van der Waals surface area contributed by atoms with Gasteiger partial charge >= 0.3 is 11.9 Å². The maximum atomic E-state index is 12.6. The topological polar surface area (TPSA) is 78.9 Å². The van der Waals surface area contributed by atoms with Crippen molar-refractivity contribution in [3.63, 3.8) is 0 Å². The molecule has 3 aromatic carbocycles. The molecule has 0 N–H and O–H groups in total. The van der Waals surface area contributed by atoms with Crippen molar-refractivity contribution in [2.45, 2.75) is 33.1 Å².